The molecule has 1 aliphatic rings. The Morgan fingerprint density at radius 1 is 1.30 bits per heavy atom. The van der Waals surface area contributed by atoms with Gasteiger partial charge in [0.1, 0.15) is 30.4 Å². The first-order valence-electron chi connectivity index (χ1n) is 10.7. The van der Waals surface area contributed by atoms with Crippen LogP contribution in [0.1, 0.15) is 40.0 Å². The molecule has 0 bridgehead atoms. The summed E-state index contributed by atoms with van der Waals surface area (Å²) in [4.78, 5) is 48.3. The van der Waals surface area contributed by atoms with Gasteiger partial charge in [-0.3, -0.25) is 19.2 Å². The first-order chi connectivity index (χ1) is 15.5. The van der Waals surface area contributed by atoms with E-state index in [1.165, 1.54) is 13.8 Å². The number of hydrogen-bond donors (Lipinski definition) is 6. The minimum absolute atomic E-state index is 0.0621. The van der Waals surface area contributed by atoms with Gasteiger partial charge in [-0.05, 0) is 19.8 Å². The lowest BCUT2D eigenvalue weighted by Gasteiger charge is -2.44. The number of nitrogens with one attached hydrogen (secondary N) is 1. The average molecular weight is 476 g/mol. The van der Waals surface area contributed by atoms with Gasteiger partial charge >= 0.3 is 0 Å². The molecule has 1 radical (unpaired) electrons. The lowest BCUT2D eigenvalue weighted by molar-refractivity contribution is -0.268. The van der Waals surface area contributed by atoms with E-state index in [0.29, 0.717) is 0 Å². The molecule has 189 valence electrons. The van der Waals surface area contributed by atoms with Gasteiger partial charge in [0.25, 0.3) is 0 Å². The molecule has 13 nitrogen and oxygen atoms in total. The third-order valence-electron chi connectivity index (χ3n) is 5.35. The van der Waals surface area contributed by atoms with Crippen molar-refractivity contribution in [3.8, 4) is 0 Å². The SMILES string of the molecule is CCC(N)C(=O)N(CC(C)O[C@H]1[C@H](O)[C@@H](CO)O[C@H](O)[C@@H]1NC(C)=O)[C@H](CC[C]=O)C(N)=O. The summed E-state index contributed by atoms with van der Waals surface area (Å²) in [5, 5.41) is 32.7. The Kier molecular flexibility index (Phi) is 11.8. The Morgan fingerprint density at radius 3 is 2.42 bits per heavy atom. The molecule has 1 heterocycles. The highest BCUT2D eigenvalue weighted by atomic mass is 16.6. The molecule has 3 amide bonds. The zero-order chi connectivity index (χ0) is 25.3. The lowest BCUT2D eigenvalue weighted by atomic mass is 9.96. The Hall–Kier alpha value is -2.16. The maximum atomic E-state index is 12.9. The van der Waals surface area contributed by atoms with Crippen molar-refractivity contribution in [2.45, 2.75) is 88.9 Å². The topological polar surface area (TPSA) is 215 Å². The maximum absolute atomic E-state index is 12.9. The van der Waals surface area contributed by atoms with Crippen LogP contribution in [0.15, 0.2) is 0 Å². The zero-order valence-corrected chi connectivity index (χ0v) is 19.0. The molecule has 1 rings (SSSR count). The third kappa shape index (κ3) is 7.98. The zero-order valence-electron chi connectivity index (χ0n) is 19.0. The molecule has 2 unspecified atom stereocenters. The van der Waals surface area contributed by atoms with Crippen LogP contribution in [-0.4, -0.2) is 106 Å². The van der Waals surface area contributed by atoms with Gasteiger partial charge in [0, 0.05) is 19.9 Å². The van der Waals surface area contributed by atoms with E-state index in [2.05, 4.69) is 5.32 Å². The van der Waals surface area contributed by atoms with Crippen LogP contribution in [0, 0.1) is 0 Å². The number of hydrogen-bond acceptors (Lipinski definition) is 10. The molecule has 8 atom stereocenters. The predicted octanol–water partition coefficient (Wildman–Crippen LogP) is -3.36. The molecule has 0 aromatic heterocycles. The number of amides is 3. The summed E-state index contributed by atoms with van der Waals surface area (Å²) in [5.74, 6) is -1.95. The molecule has 8 N–H and O–H groups in total. The summed E-state index contributed by atoms with van der Waals surface area (Å²) < 4.78 is 11.0. The lowest BCUT2D eigenvalue weighted by Crippen LogP contribution is -2.65. The van der Waals surface area contributed by atoms with Crippen molar-refractivity contribution in [1.82, 2.24) is 10.2 Å². The quantitative estimate of drug-likeness (QED) is 0.155. The van der Waals surface area contributed by atoms with Crippen molar-refractivity contribution in [1.29, 1.82) is 0 Å². The number of carbonyl (C=O) groups excluding carboxylic acids is 4. The average Bonchev–Trinajstić information content (AvgIpc) is 2.76. The van der Waals surface area contributed by atoms with Crippen LogP contribution in [0.3, 0.4) is 0 Å². The second-order valence-electron chi connectivity index (χ2n) is 7.98. The number of ether oxygens (including phenoxy) is 2. The van der Waals surface area contributed by atoms with Crippen molar-refractivity contribution >= 4 is 24.0 Å². The number of nitrogens with two attached hydrogens (primary N) is 2. The van der Waals surface area contributed by atoms with E-state index in [1.54, 1.807) is 13.2 Å². The minimum Gasteiger partial charge on any atom is -0.394 e. The standard InChI is InChI=1S/C20H35N4O9/c1-4-12(21)19(30)24(13(18(22)29)6-5-7-25)8-10(2)32-17-15(23-11(3)27)20(31)33-14(9-26)16(17)28/h10,12-17,20,26,28,31H,4-6,8-9,21H2,1-3H3,(H2,22,29)(H,23,27)/t10?,12?,13-,14-,15-,16-,17-,20+/m1/s1. The molecule has 0 aromatic rings. The van der Waals surface area contributed by atoms with Gasteiger partial charge in [0.15, 0.2) is 12.6 Å². The molecule has 1 saturated heterocycles. The van der Waals surface area contributed by atoms with Crippen molar-refractivity contribution < 1.29 is 44.0 Å². The Bertz CT molecular complexity index is 680. The Balaban J connectivity index is 3.15. The summed E-state index contributed by atoms with van der Waals surface area (Å²) in [6.07, 6.45) is -4.55. The molecule has 33 heavy (non-hydrogen) atoms. The maximum Gasteiger partial charge on any atom is 0.240 e. The summed E-state index contributed by atoms with van der Waals surface area (Å²) in [6.45, 7) is 3.60. The van der Waals surface area contributed by atoms with Gasteiger partial charge in [-0.15, -0.1) is 0 Å². The highest BCUT2D eigenvalue weighted by Crippen LogP contribution is 2.24. The third-order valence-corrected chi connectivity index (χ3v) is 5.35. The fraction of sp³-hybridized carbons (Fsp3) is 0.800. The van der Waals surface area contributed by atoms with Gasteiger partial charge in [-0.2, -0.15) is 0 Å². The van der Waals surface area contributed by atoms with E-state index in [1.807, 2.05) is 0 Å². The molecule has 0 aromatic carbocycles. The second kappa shape index (κ2) is 13.5. The van der Waals surface area contributed by atoms with Crippen LogP contribution in [0.5, 0.6) is 0 Å². The molecule has 1 fully saturated rings. The van der Waals surface area contributed by atoms with Crippen molar-refractivity contribution in [3.63, 3.8) is 0 Å². The number of aliphatic hydroxyl groups is 3. The van der Waals surface area contributed by atoms with Crippen LogP contribution in [0.2, 0.25) is 0 Å². The summed E-state index contributed by atoms with van der Waals surface area (Å²) in [7, 11) is 0. The highest BCUT2D eigenvalue weighted by Gasteiger charge is 2.46. The van der Waals surface area contributed by atoms with Gasteiger partial charge in [-0.25, -0.2) is 0 Å². The van der Waals surface area contributed by atoms with E-state index in [0.717, 1.165) is 4.90 Å². The number of nitrogens with zero attached hydrogens (tertiary/aromatic N) is 1. The first-order valence-corrected chi connectivity index (χ1v) is 10.7. The first kappa shape index (κ1) is 28.9. The fourth-order valence-corrected chi connectivity index (χ4v) is 3.63. The van der Waals surface area contributed by atoms with Gasteiger partial charge < -0.3 is 46.5 Å². The number of aliphatic hydroxyl groups excluding tert-OH is 3. The van der Waals surface area contributed by atoms with Crippen molar-refractivity contribution in [3.05, 3.63) is 0 Å². The van der Waals surface area contributed by atoms with Crippen LogP contribution in [-0.2, 0) is 28.7 Å². The normalized spacial score (nSPS) is 27.8. The monoisotopic (exact) mass is 475 g/mol. The Labute approximate surface area is 192 Å². The van der Waals surface area contributed by atoms with Crippen molar-refractivity contribution in [2.75, 3.05) is 13.2 Å². The predicted molar refractivity (Wildman–Crippen MR) is 114 cm³/mol. The van der Waals surface area contributed by atoms with Crippen LogP contribution in [0.25, 0.3) is 0 Å². The van der Waals surface area contributed by atoms with Crippen LogP contribution >= 0.6 is 0 Å². The molecule has 1 aliphatic heterocycles. The molecule has 13 heteroatoms. The highest BCUT2D eigenvalue weighted by molar-refractivity contribution is 5.89. The number of rotatable bonds is 13. The number of primary amides is 1. The molecule has 0 aliphatic carbocycles. The molecular formula is C20H35N4O9. The van der Waals surface area contributed by atoms with Crippen LogP contribution < -0.4 is 16.8 Å². The van der Waals surface area contributed by atoms with Gasteiger partial charge in [0.2, 0.25) is 17.7 Å². The molecule has 0 saturated carbocycles. The van der Waals surface area contributed by atoms with Crippen molar-refractivity contribution in [2.24, 2.45) is 11.5 Å². The van der Waals surface area contributed by atoms with E-state index in [-0.39, 0.29) is 25.8 Å². The summed E-state index contributed by atoms with van der Waals surface area (Å²) in [5.41, 5.74) is 11.3. The van der Waals surface area contributed by atoms with E-state index in [4.69, 9.17) is 20.9 Å². The van der Waals surface area contributed by atoms with Gasteiger partial charge in [0.05, 0.1) is 18.8 Å². The largest absolute Gasteiger partial charge is 0.394 e. The van der Waals surface area contributed by atoms with Gasteiger partial charge in [-0.1, -0.05) is 6.92 Å². The molecular weight excluding hydrogens is 440 g/mol. The fourth-order valence-electron chi connectivity index (χ4n) is 3.63. The minimum atomic E-state index is -1.58. The molecule has 0 spiro atoms. The van der Waals surface area contributed by atoms with E-state index >= 15 is 0 Å². The number of carbonyl (C=O) groups is 3. The second-order valence-corrected chi connectivity index (χ2v) is 7.98. The van der Waals surface area contributed by atoms with E-state index < -0.39 is 73.2 Å². The smallest absolute Gasteiger partial charge is 0.240 e. The van der Waals surface area contributed by atoms with Crippen LogP contribution in [0.4, 0.5) is 0 Å². The van der Waals surface area contributed by atoms with E-state index in [9.17, 15) is 34.5 Å². The Morgan fingerprint density at radius 2 is 1.94 bits per heavy atom. The summed E-state index contributed by atoms with van der Waals surface area (Å²) >= 11 is 0. The summed E-state index contributed by atoms with van der Waals surface area (Å²) in [6, 6.07) is -3.26.